The summed E-state index contributed by atoms with van der Waals surface area (Å²) in [4.78, 5) is 0. The number of rotatable bonds is 6. The summed E-state index contributed by atoms with van der Waals surface area (Å²) < 4.78 is 20.6. The second-order valence-electron chi connectivity index (χ2n) is 8.38. The molecular formula is C29H27FO2. The maximum atomic E-state index is 14.9. The SMILES string of the molecule is Cc1cc(-c2ccc(O)cc2)c(C(C)C)cc1-c1ccc(OCc2ccccc2)c(F)c1. The van der Waals surface area contributed by atoms with Gasteiger partial charge in [0.1, 0.15) is 12.4 Å². The molecule has 0 aliphatic carbocycles. The molecule has 0 amide bonds. The van der Waals surface area contributed by atoms with Crippen LogP contribution in [-0.2, 0) is 6.61 Å². The number of halogens is 1. The van der Waals surface area contributed by atoms with E-state index in [1.165, 1.54) is 5.56 Å². The van der Waals surface area contributed by atoms with E-state index in [1.54, 1.807) is 24.3 Å². The minimum Gasteiger partial charge on any atom is -0.508 e. The first-order valence-corrected chi connectivity index (χ1v) is 10.8. The van der Waals surface area contributed by atoms with Crippen molar-refractivity contribution in [2.45, 2.75) is 33.3 Å². The van der Waals surface area contributed by atoms with Gasteiger partial charge in [-0.25, -0.2) is 4.39 Å². The van der Waals surface area contributed by atoms with E-state index in [-0.39, 0.29) is 23.2 Å². The number of ether oxygens (including phenoxy) is 1. The molecule has 0 spiro atoms. The third-order valence-corrected chi connectivity index (χ3v) is 5.68. The number of aromatic hydroxyl groups is 1. The Morgan fingerprint density at radius 1 is 0.812 bits per heavy atom. The van der Waals surface area contributed by atoms with E-state index in [4.69, 9.17) is 4.74 Å². The average Bonchev–Trinajstić information content (AvgIpc) is 2.79. The number of phenolic OH excluding ortho intramolecular Hbond substituents is 1. The fraction of sp³-hybridized carbons (Fsp3) is 0.172. The molecule has 0 unspecified atom stereocenters. The van der Waals surface area contributed by atoms with Crippen molar-refractivity contribution >= 4 is 0 Å². The first-order valence-electron chi connectivity index (χ1n) is 10.8. The summed E-state index contributed by atoms with van der Waals surface area (Å²) in [5, 5.41) is 9.64. The van der Waals surface area contributed by atoms with Gasteiger partial charge >= 0.3 is 0 Å². The van der Waals surface area contributed by atoms with Gasteiger partial charge in [-0.1, -0.05) is 74.5 Å². The number of aryl methyl sites for hydroxylation is 1. The van der Waals surface area contributed by atoms with E-state index >= 15 is 0 Å². The lowest BCUT2D eigenvalue weighted by Gasteiger charge is -2.18. The van der Waals surface area contributed by atoms with Crippen LogP contribution in [0.25, 0.3) is 22.3 Å². The molecule has 32 heavy (non-hydrogen) atoms. The summed E-state index contributed by atoms with van der Waals surface area (Å²) in [6.07, 6.45) is 0. The summed E-state index contributed by atoms with van der Waals surface area (Å²) in [7, 11) is 0. The third-order valence-electron chi connectivity index (χ3n) is 5.68. The molecule has 0 bridgehead atoms. The van der Waals surface area contributed by atoms with Crippen LogP contribution in [0.5, 0.6) is 11.5 Å². The lowest BCUT2D eigenvalue weighted by atomic mass is 9.87. The Balaban J connectivity index is 1.66. The van der Waals surface area contributed by atoms with E-state index in [0.717, 1.165) is 33.4 Å². The summed E-state index contributed by atoms with van der Waals surface area (Å²) in [6, 6.07) is 26.5. The summed E-state index contributed by atoms with van der Waals surface area (Å²) in [5.41, 5.74) is 7.26. The van der Waals surface area contributed by atoms with Crippen LogP contribution in [0.15, 0.2) is 84.9 Å². The summed E-state index contributed by atoms with van der Waals surface area (Å²) >= 11 is 0. The van der Waals surface area contributed by atoms with Gasteiger partial charge in [0.15, 0.2) is 11.6 Å². The van der Waals surface area contributed by atoms with Gasteiger partial charge < -0.3 is 9.84 Å². The van der Waals surface area contributed by atoms with E-state index in [0.29, 0.717) is 6.61 Å². The number of phenols is 1. The molecule has 0 atom stereocenters. The van der Waals surface area contributed by atoms with E-state index < -0.39 is 0 Å². The monoisotopic (exact) mass is 426 g/mol. The molecule has 0 fully saturated rings. The van der Waals surface area contributed by atoms with Gasteiger partial charge in [0.25, 0.3) is 0 Å². The van der Waals surface area contributed by atoms with Gasteiger partial charge in [0, 0.05) is 0 Å². The highest BCUT2D eigenvalue weighted by Gasteiger charge is 2.15. The molecule has 2 nitrogen and oxygen atoms in total. The predicted molar refractivity (Wildman–Crippen MR) is 129 cm³/mol. The average molecular weight is 427 g/mol. The van der Waals surface area contributed by atoms with Crippen molar-refractivity contribution < 1.29 is 14.2 Å². The number of hydrogen-bond acceptors (Lipinski definition) is 2. The summed E-state index contributed by atoms with van der Waals surface area (Å²) in [5.74, 6) is 0.418. The molecular weight excluding hydrogens is 399 g/mol. The fourth-order valence-corrected chi connectivity index (χ4v) is 3.93. The normalized spacial score (nSPS) is 11.0. The Labute approximate surface area is 189 Å². The lowest BCUT2D eigenvalue weighted by molar-refractivity contribution is 0.290. The quantitative estimate of drug-likeness (QED) is 0.340. The topological polar surface area (TPSA) is 29.5 Å². The molecule has 4 aromatic carbocycles. The van der Waals surface area contributed by atoms with Crippen LogP contribution in [0.1, 0.15) is 36.5 Å². The number of hydrogen-bond donors (Lipinski definition) is 1. The van der Waals surface area contributed by atoms with Gasteiger partial charge in [-0.05, 0) is 76.1 Å². The lowest BCUT2D eigenvalue weighted by Crippen LogP contribution is -1.99. The molecule has 4 aromatic rings. The maximum Gasteiger partial charge on any atom is 0.165 e. The second-order valence-corrected chi connectivity index (χ2v) is 8.38. The van der Waals surface area contributed by atoms with Crippen molar-refractivity contribution in [2.24, 2.45) is 0 Å². The Morgan fingerprint density at radius 2 is 1.50 bits per heavy atom. The molecule has 0 saturated carbocycles. The second kappa shape index (κ2) is 9.27. The molecule has 0 radical (unpaired) electrons. The minimum atomic E-state index is -0.369. The van der Waals surface area contributed by atoms with E-state index in [2.05, 4.69) is 26.0 Å². The number of benzene rings is 4. The van der Waals surface area contributed by atoms with Gasteiger partial charge in [0.2, 0.25) is 0 Å². The van der Waals surface area contributed by atoms with Gasteiger partial charge in [0.05, 0.1) is 0 Å². The van der Waals surface area contributed by atoms with Crippen LogP contribution in [-0.4, -0.2) is 5.11 Å². The Bertz CT molecular complexity index is 1210. The van der Waals surface area contributed by atoms with Crippen molar-refractivity contribution in [1.82, 2.24) is 0 Å². The van der Waals surface area contributed by atoms with Crippen LogP contribution >= 0.6 is 0 Å². The van der Waals surface area contributed by atoms with E-state index in [1.807, 2.05) is 55.5 Å². The zero-order valence-electron chi connectivity index (χ0n) is 18.6. The molecule has 0 aromatic heterocycles. The molecule has 1 N–H and O–H groups in total. The molecule has 4 rings (SSSR count). The van der Waals surface area contributed by atoms with Crippen LogP contribution in [0.2, 0.25) is 0 Å². The van der Waals surface area contributed by atoms with Crippen LogP contribution in [0.3, 0.4) is 0 Å². The first-order chi connectivity index (χ1) is 15.4. The van der Waals surface area contributed by atoms with Crippen molar-refractivity contribution in [2.75, 3.05) is 0 Å². The van der Waals surface area contributed by atoms with Crippen LogP contribution in [0.4, 0.5) is 4.39 Å². The van der Waals surface area contributed by atoms with Gasteiger partial charge in [-0.3, -0.25) is 0 Å². The molecule has 0 heterocycles. The Hall–Kier alpha value is -3.59. The maximum absolute atomic E-state index is 14.9. The first kappa shape index (κ1) is 21.6. The van der Waals surface area contributed by atoms with Crippen molar-refractivity contribution in [3.63, 3.8) is 0 Å². The van der Waals surface area contributed by atoms with Crippen LogP contribution < -0.4 is 4.74 Å². The molecule has 0 aliphatic rings. The fourth-order valence-electron chi connectivity index (χ4n) is 3.93. The van der Waals surface area contributed by atoms with E-state index in [9.17, 15) is 9.50 Å². The highest BCUT2D eigenvalue weighted by Crippen LogP contribution is 2.37. The van der Waals surface area contributed by atoms with Gasteiger partial charge in [-0.2, -0.15) is 0 Å². The highest BCUT2D eigenvalue weighted by atomic mass is 19.1. The molecule has 162 valence electrons. The zero-order valence-corrected chi connectivity index (χ0v) is 18.6. The summed E-state index contributed by atoms with van der Waals surface area (Å²) in [6.45, 7) is 6.68. The zero-order chi connectivity index (χ0) is 22.7. The smallest absolute Gasteiger partial charge is 0.165 e. The Morgan fingerprint density at radius 3 is 2.16 bits per heavy atom. The largest absolute Gasteiger partial charge is 0.508 e. The predicted octanol–water partition coefficient (Wildman–Crippen LogP) is 7.88. The molecule has 3 heteroatoms. The van der Waals surface area contributed by atoms with Crippen molar-refractivity contribution in [3.8, 4) is 33.8 Å². The standard InChI is InChI=1S/C29H27FO2/c1-19(2)25-17-26(20(3)15-27(25)22-9-12-24(31)13-10-22)23-11-14-29(28(30)16-23)32-18-21-7-5-4-6-8-21/h4-17,19,31H,18H2,1-3H3. The van der Waals surface area contributed by atoms with Crippen molar-refractivity contribution in [1.29, 1.82) is 0 Å². The molecule has 0 saturated heterocycles. The third kappa shape index (κ3) is 4.67. The molecule has 0 aliphatic heterocycles. The van der Waals surface area contributed by atoms with Crippen molar-refractivity contribution in [3.05, 3.63) is 107 Å². The van der Waals surface area contributed by atoms with Crippen LogP contribution in [0, 0.1) is 12.7 Å². The highest BCUT2D eigenvalue weighted by molar-refractivity contribution is 5.77. The van der Waals surface area contributed by atoms with Gasteiger partial charge in [-0.15, -0.1) is 0 Å². The minimum absolute atomic E-state index is 0.248. The Kier molecular flexibility index (Phi) is 6.27.